The van der Waals surface area contributed by atoms with Crippen LogP contribution in [0.3, 0.4) is 0 Å². The van der Waals surface area contributed by atoms with Crippen molar-refractivity contribution in [2.24, 2.45) is 50.2 Å². The molecule has 0 heterocycles. The third-order valence-electron chi connectivity index (χ3n) is 13.7. The van der Waals surface area contributed by atoms with Crippen molar-refractivity contribution in [2.45, 2.75) is 113 Å². The number of ketones is 3. The predicted octanol–water partition coefficient (Wildman–Crippen LogP) is 6.60. The summed E-state index contributed by atoms with van der Waals surface area (Å²) in [5.41, 5.74) is -3.13. The smallest absolute Gasteiger partial charge is 0.312 e. The number of carbonyl (C=O) groups excluding carboxylic acids is 4. The van der Waals surface area contributed by atoms with Gasteiger partial charge >= 0.3 is 5.97 Å². The second-order valence-electron chi connectivity index (χ2n) is 16.7. The molecule has 244 valence electrons. The average Bonchev–Trinajstić information content (AvgIpc) is 2.94. The number of Topliss-reactive ketones (excluding diaryl/α,β-unsaturated/α-hetero) is 2. The van der Waals surface area contributed by atoms with Crippen molar-refractivity contribution >= 4 is 33.2 Å². The minimum absolute atomic E-state index is 0.0217. The summed E-state index contributed by atoms with van der Waals surface area (Å²) >= 11 is 0. The van der Waals surface area contributed by atoms with E-state index in [1.54, 1.807) is 19.9 Å². The maximum absolute atomic E-state index is 14.7. The molecule has 0 aliphatic heterocycles. The van der Waals surface area contributed by atoms with Crippen LogP contribution in [0, 0.1) is 50.2 Å². The molecule has 0 unspecified atom stereocenters. The topological polar surface area (TPSA) is 112 Å². The number of allylic oxidation sites excluding steroid dienone is 3. The first-order valence-electron chi connectivity index (χ1n) is 16.6. The molecule has 0 aromatic heterocycles. The van der Waals surface area contributed by atoms with Crippen molar-refractivity contribution in [3.63, 3.8) is 0 Å². The number of unbranched alkanes of at least 4 members (excludes halogenated alkanes) is 1. The number of carbonyl (C=O) groups is 4. The second kappa shape index (κ2) is 10.2. The van der Waals surface area contributed by atoms with E-state index in [1.165, 1.54) is 7.11 Å². The molecule has 0 radical (unpaired) electrons. The van der Waals surface area contributed by atoms with Gasteiger partial charge in [0.25, 0.3) is 0 Å². The molecule has 44 heavy (non-hydrogen) atoms. The summed E-state index contributed by atoms with van der Waals surface area (Å²) in [5.74, 6) is -2.60. The lowest BCUT2D eigenvalue weighted by Gasteiger charge is -2.69. The van der Waals surface area contributed by atoms with Crippen molar-refractivity contribution in [2.75, 3.05) is 12.9 Å². The first-order chi connectivity index (χ1) is 20.2. The Morgan fingerprint density at radius 2 is 1.61 bits per heavy atom. The van der Waals surface area contributed by atoms with Gasteiger partial charge in [0, 0.05) is 27.7 Å². The number of ether oxygens (including phenoxy) is 1. The summed E-state index contributed by atoms with van der Waals surface area (Å²) in [5, 5.41) is 1.09. The van der Waals surface area contributed by atoms with Crippen LogP contribution < -0.4 is 0 Å². The van der Waals surface area contributed by atoms with E-state index in [-0.39, 0.29) is 40.3 Å². The maximum atomic E-state index is 14.7. The third kappa shape index (κ3) is 4.35. The van der Waals surface area contributed by atoms with E-state index in [1.807, 2.05) is 13.8 Å². The van der Waals surface area contributed by atoms with Gasteiger partial charge in [-0.1, -0.05) is 61.8 Å². The predicted molar refractivity (Wildman–Crippen MR) is 169 cm³/mol. The van der Waals surface area contributed by atoms with Crippen LogP contribution in [-0.2, 0) is 33.8 Å². The SMILES string of the molecule is CCCCS(=O)(=O)/C=C1\C(=O)C(=O)C(C)(C)[C@@H]2CC[C@]3(C)C(=CC(=O)[C@@H]4[C@@H]5CC(C)(C)CC[C@]5(C(=O)OC)CC[C@]43C)[C@@]12C. The van der Waals surface area contributed by atoms with Gasteiger partial charge in [-0.25, -0.2) is 8.42 Å². The monoisotopic (exact) mass is 628 g/mol. The van der Waals surface area contributed by atoms with Crippen molar-refractivity contribution in [1.29, 1.82) is 0 Å². The highest BCUT2D eigenvalue weighted by molar-refractivity contribution is 7.94. The third-order valence-corrected chi connectivity index (χ3v) is 15.1. The molecule has 4 saturated carbocycles. The molecule has 5 aliphatic carbocycles. The van der Waals surface area contributed by atoms with Gasteiger partial charge in [-0.2, -0.15) is 0 Å². The fourth-order valence-corrected chi connectivity index (χ4v) is 12.4. The second-order valence-corrected chi connectivity index (χ2v) is 18.7. The fraction of sp³-hybridized carbons (Fsp3) is 0.778. The van der Waals surface area contributed by atoms with Crippen LogP contribution in [0.5, 0.6) is 0 Å². The number of rotatable bonds is 5. The van der Waals surface area contributed by atoms with E-state index >= 15 is 0 Å². The zero-order valence-electron chi connectivity index (χ0n) is 28.2. The zero-order valence-corrected chi connectivity index (χ0v) is 29.0. The Balaban J connectivity index is 1.74. The lowest BCUT2D eigenvalue weighted by atomic mass is 9.33. The maximum Gasteiger partial charge on any atom is 0.312 e. The van der Waals surface area contributed by atoms with E-state index in [9.17, 15) is 27.6 Å². The highest BCUT2D eigenvalue weighted by atomic mass is 32.2. The van der Waals surface area contributed by atoms with E-state index in [4.69, 9.17) is 4.74 Å². The van der Waals surface area contributed by atoms with Crippen molar-refractivity contribution < 1.29 is 32.3 Å². The van der Waals surface area contributed by atoms with E-state index in [0.29, 0.717) is 44.9 Å². The largest absolute Gasteiger partial charge is 0.469 e. The van der Waals surface area contributed by atoms with Crippen LogP contribution in [0.25, 0.3) is 0 Å². The molecular weight excluding hydrogens is 576 g/mol. The van der Waals surface area contributed by atoms with Gasteiger partial charge in [-0.15, -0.1) is 0 Å². The summed E-state index contributed by atoms with van der Waals surface area (Å²) in [6, 6.07) is 0. The van der Waals surface area contributed by atoms with Crippen LogP contribution in [0.4, 0.5) is 0 Å². The first kappa shape index (κ1) is 33.3. The number of sulfone groups is 1. The van der Waals surface area contributed by atoms with E-state index < -0.39 is 54.4 Å². The molecule has 5 aliphatic rings. The quantitative estimate of drug-likeness (QED) is 0.192. The Kier molecular flexibility index (Phi) is 7.72. The van der Waals surface area contributed by atoms with Gasteiger partial charge in [-0.05, 0) is 91.1 Å². The van der Waals surface area contributed by atoms with E-state index in [2.05, 4.69) is 27.7 Å². The fourth-order valence-electron chi connectivity index (χ4n) is 10.9. The molecule has 8 heteroatoms. The standard InChI is InChI=1S/C36H52O7S/c1-10-11-18-44(41,42)21-23-28(38)29(39)32(4,5)25-12-13-33(6)26(35(23,25)8)19-24(37)27-22-20-31(2,3)14-16-36(22,30(40)43-9)17-15-34(27,33)7/h19,21-22,25,27H,10-18,20H2,1-9H3/b23-21+/t22-,25-,27-,33+,34+,35-,36-/m0/s1. The summed E-state index contributed by atoms with van der Waals surface area (Å²) < 4.78 is 32.1. The normalized spacial score (nSPS) is 42.0. The van der Waals surface area contributed by atoms with Gasteiger partial charge in [0.2, 0.25) is 11.6 Å². The Hall–Kier alpha value is -2.09. The molecule has 5 rings (SSSR count). The van der Waals surface area contributed by atoms with Gasteiger partial charge in [-0.3, -0.25) is 19.2 Å². The van der Waals surface area contributed by atoms with Crippen LogP contribution >= 0.6 is 0 Å². The summed E-state index contributed by atoms with van der Waals surface area (Å²) in [6.07, 6.45) is 7.79. The van der Waals surface area contributed by atoms with Crippen molar-refractivity contribution in [3.05, 3.63) is 22.6 Å². The molecule has 0 N–H and O–H groups in total. The highest BCUT2D eigenvalue weighted by Gasteiger charge is 2.72. The van der Waals surface area contributed by atoms with Crippen molar-refractivity contribution in [1.82, 2.24) is 0 Å². The average molecular weight is 629 g/mol. The molecule has 7 nitrogen and oxygen atoms in total. The van der Waals surface area contributed by atoms with Crippen LogP contribution in [0.2, 0.25) is 0 Å². The Bertz CT molecular complexity index is 1480. The molecule has 0 saturated heterocycles. The van der Waals surface area contributed by atoms with Gasteiger partial charge in [0.1, 0.15) is 0 Å². The number of methoxy groups -OCH3 is 1. The number of esters is 1. The van der Waals surface area contributed by atoms with Gasteiger partial charge in [0.05, 0.1) is 18.3 Å². The lowest BCUT2D eigenvalue weighted by molar-refractivity contribution is -0.191. The minimum Gasteiger partial charge on any atom is -0.469 e. The highest BCUT2D eigenvalue weighted by Crippen LogP contribution is 2.75. The Labute approximate surface area is 263 Å². The summed E-state index contributed by atoms with van der Waals surface area (Å²) in [6.45, 7) is 16.2. The molecule has 0 spiro atoms. The van der Waals surface area contributed by atoms with Crippen LogP contribution in [0.15, 0.2) is 22.6 Å². The number of hydrogen-bond donors (Lipinski definition) is 0. The summed E-state index contributed by atoms with van der Waals surface area (Å²) in [7, 11) is -2.34. The lowest BCUT2D eigenvalue weighted by Crippen LogP contribution is -2.67. The van der Waals surface area contributed by atoms with Gasteiger partial charge < -0.3 is 4.74 Å². The van der Waals surface area contributed by atoms with Crippen LogP contribution in [-0.4, -0.2) is 44.6 Å². The van der Waals surface area contributed by atoms with Crippen LogP contribution in [0.1, 0.15) is 113 Å². The van der Waals surface area contributed by atoms with Crippen molar-refractivity contribution in [3.8, 4) is 0 Å². The molecule has 7 atom stereocenters. The molecular formula is C36H52O7S. The number of hydrogen-bond acceptors (Lipinski definition) is 7. The molecule has 0 aromatic carbocycles. The first-order valence-corrected chi connectivity index (χ1v) is 18.3. The molecule has 0 bridgehead atoms. The van der Waals surface area contributed by atoms with Gasteiger partial charge in [0.15, 0.2) is 15.6 Å². The number of fused-ring (bicyclic) bond motifs is 7. The molecule has 0 aromatic rings. The zero-order chi connectivity index (χ0) is 32.9. The molecule has 0 amide bonds. The Morgan fingerprint density at radius 3 is 2.23 bits per heavy atom. The van der Waals surface area contributed by atoms with E-state index in [0.717, 1.165) is 23.8 Å². The minimum atomic E-state index is -3.78. The molecule has 4 fully saturated rings. The Morgan fingerprint density at radius 1 is 0.977 bits per heavy atom. The summed E-state index contributed by atoms with van der Waals surface area (Å²) in [4.78, 5) is 55.7.